The standard InChI is InChI=1S/C29H32N6O3/c1-19-16-22(9-11-25(19)38-23-10-8-20(2)30-17-23)33-28-27-24(31-18-32-28)6-5-7-26(27)37-21(3)29(36)35-14-12-34(4)13-15-35/h5-11,16-18,21H,12-15H2,1-4H3,(H,31,32,33)/t21-/m1/s1. The van der Waals surface area contributed by atoms with Crippen molar-refractivity contribution in [2.75, 3.05) is 38.5 Å². The molecule has 1 aliphatic rings. The molecule has 0 spiro atoms. The quantitative estimate of drug-likeness (QED) is 0.380. The van der Waals surface area contributed by atoms with E-state index in [4.69, 9.17) is 9.47 Å². The summed E-state index contributed by atoms with van der Waals surface area (Å²) in [5.41, 5.74) is 3.46. The van der Waals surface area contributed by atoms with Crippen LogP contribution in [0.5, 0.6) is 17.2 Å². The fraction of sp³-hybridized carbons (Fsp3) is 0.310. The molecule has 9 nitrogen and oxygen atoms in total. The van der Waals surface area contributed by atoms with Crippen LogP contribution in [0.1, 0.15) is 18.2 Å². The lowest BCUT2D eigenvalue weighted by molar-refractivity contribution is -0.139. The Morgan fingerprint density at radius 1 is 0.974 bits per heavy atom. The van der Waals surface area contributed by atoms with Crippen molar-refractivity contribution in [3.05, 3.63) is 72.3 Å². The van der Waals surface area contributed by atoms with Crippen LogP contribution < -0.4 is 14.8 Å². The topological polar surface area (TPSA) is 92.7 Å². The largest absolute Gasteiger partial charge is 0.480 e. The average Bonchev–Trinajstić information content (AvgIpc) is 2.91. The van der Waals surface area contributed by atoms with E-state index in [0.29, 0.717) is 30.4 Å². The number of amides is 1. The number of anilines is 2. The molecule has 0 unspecified atom stereocenters. The number of likely N-dealkylation sites (N-methyl/N-ethyl adjacent to an activating group) is 1. The van der Waals surface area contributed by atoms with E-state index in [1.54, 1.807) is 13.1 Å². The van der Waals surface area contributed by atoms with Gasteiger partial charge in [-0.3, -0.25) is 9.78 Å². The zero-order valence-corrected chi connectivity index (χ0v) is 22.1. The van der Waals surface area contributed by atoms with Gasteiger partial charge in [-0.15, -0.1) is 0 Å². The number of nitrogens with one attached hydrogen (secondary N) is 1. The maximum absolute atomic E-state index is 13.1. The molecule has 0 bridgehead atoms. The van der Waals surface area contributed by atoms with Crippen molar-refractivity contribution in [2.45, 2.75) is 26.9 Å². The fourth-order valence-corrected chi connectivity index (χ4v) is 4.42. The molecular formula is C29H32N6O3. The summed E-state index contributed by atoms with van der Waals surface area (Å²) >= 11 is 0. The molecule has 0 aliphatic carbocycles. The first kappa shape index (κ1) is 25.4. The molecule has 5 rings (SSSR count). The molecule has 0 saturated carbocycles. The lowest BCUT2D eigenvalue weighted by atomic mass is 10.1. The highest BCUT2D eigenvalue weighted by Gasteiger charge is 2.26. The number of hydrogen-bond donors (Lipinski definition) is 1. The Labute approximate surface area is 222 Å². The maximum atomic E-state index is 13.1. The predicted octanol–water partition coefficient (Wildman–Crippen LogP) is 4.72. The van der Waals surface area contributed by atoms with Crippen LogP contribution in [-0.2, 0) is 4.79 Å². The summed E-state index contributed by atoms with van der Waals surface area (Å²) in [6.07, 6.45) is 2.60. The summed E-state index contributed by atoms with van der Waals surface area (Å²) < 4.78 is 12.2. The van der Waals surface area contributed by atoms with Gasteiger partial charge in [-0.1, -0.05) is 6.07 Å². The van der Waals surface area contributed by atoms with Gasteiger partial charge in [0.1, 0.15) is 29.4 Å². The van der Waals surface area contributed by atoms with E-state index in [0.717, 1.165) is 46.7 Å². The summed E-state index contributed by atoms with van der Waals surface area (Å²) in [5.74, 6) is 2.57. The first-order valence-corrected chi connectivity index (χ1v) is 12.7. The highest BCUT2D eigenvalue weighted by Crippen LogP contribution is 2.34. The van der Waals surface area contributed by atoms with Gasteiger partial charge in [0.05, 0.1) is 17.1 Å². The number of ether oxygens (including phenoxy) is 2. The van der Waals surface area contributed by atoms with Crippen LogP contribution in [0.3, 0.4) is 0 Å². The Hall–Kier alpha value is -4.24. The van der Waals surface area contributed by atoms with Gasteiger partial charge in [0.2, 0.25) is 0 Å². The molecule has 1 N–H and O–H groups in total. The van der Waals surface area contributed by atoms with Gasteiger partial charge >= 0.3 is 0 Å². The van der Waals surface area contributed by atoms with Crippen LogP contribution in [0.4, 0.5) is 11.5 Å². The molecule has 3 heterocycles. The third-order valence-corrected chi connectivity index (χ3v) is 6.64. The average molecular weight is 513 g/mol. The number of aryl methyl sites for hydroxylation is 2. The molecule has 2 aromatic heterocycles. The maximum Gasteiger partial charge on any atom is 0.263 e. The Kier molecular flexibility index (Phi) is 7.37. The smallest absolute Gasteiger partial charge is 0.263 e. The Morgan fingerprint density at radius 3 is 2.53 bits per heavy atom. The van der Waals surface area contributed by atoms with Gasteiger partial charge in [0, 0.05) is 37.6 Å². The summed E-state index contributed by atoms with van der Waals surface area (Å²) in [6, 6.07) is 15.3. The summed E-state index contributed by atoms with van der Waals surface area (Å²) in [7, 11) is 2.07. The number of fused-ring (bicyclic) bond motifs is 1. The van der Waals surface area contributed by atoms with Gasteiger partial charge in [0.15, 0.2) is 6.10 Å². The highest BCUT2D eigenvalue weighted by atomic mass is 16.5. The van der Waals surface area contributed by atoms with E-state index in [1.807, 2.05) is 67.3 Å². The number of hydrogen-bond acceptors (Lipinski definition) is 8. The third kappa shape index (κ3) is 5.68. The van der Waals surface area contributed by atoms with E-state index in [9.17, 15) is 4.79 Å². The second-order valence-corrected chi connectivity index (χ2v) is 9.60. The molecule has 9 heteroatoms. The molecule has 1 amide bonds. The van der Waals surface area contributed by atoms with Crippen LogP contribution in [0.25, 0.3) is 10.9 Å². The van der Waals surface area contributed by atoms with Gasteiger partial charge in [-0.05, 0) is 75.8 Å². The number of carbonyl (C=O) groups excluding carboxylic acids is 1. The van der Waals surface area contributed by atoms with Crippen molar-refractivity contribution in [1.29, 1.82) is 0 Å². The van der Waals surface area contributed by atoms with Gasteiger partial charge < -0.3 is 24.6 Å². The van der Waals surface area contributed by atoms with Crippen LogP contribution in [-0.4, -0.2) is 70.0 Å². The number of nitrogens with zero attached hydrogens (tertiary/aromatic N) is 5. The van der Waals surface area contributed by atoms with E-state index in [2.05, 4.69) is 32.2 Å². The molecule has 1 saturated heterocycles. The number of pyridine rings is 1. The van der Waals surface area contributed by atoms with Crippen molar-refractivity contribution < 1.29 is 14.3 Å². The molecule has 1 fully saturated rings. The predicted molar refractivity (Wildman–Crippen MR) is 147 cm³/mol. The fourth-order valence-electron chi connectivity index (χ4n) is 4.42. The molecule has 1 atom stereocenters. The molecule has 4 aromatic rings. The van der Waals surface area contributed by atoms with E-state index < -0.39 is 6.10 Å². The Bertz CT molecular complexity index is 1430. The van der Waals surface area contributed by atoms with Crippen LogP contribution in [0.2, 0.25) is 0 Å². The molecular weight excluding hydrogens is 480 g/mol. The van der Waals surface area contributed by atoms with Crippen molar-refractivity contribution >= 4 is 28.3 Å². The summed E-state index contributed by atoms with van der Waals surface area (Å²) in [4.78, 5) is 30.3. The first-order valence-electron chi connectivity index (χ1n) is 12.7. The summed E-state index contributed by atoms with van der Waals surface area (Å²) in [5, 5.41) is 4.12. The normalized spacial score (nSPS) is 14.8. The highest BCUT2D eigenvalue weighted by molar-refractivity contribution is 5.96. The van der Waals surface area contributed by atoms with E-state index >= 15 is 0 Å². The van der Waals surface area contributed by atoms with Gasteiger partial charge in [0.25, 0.3) is 5.91 Å². The van der Waals surface area contributed by atoms with E-state index in [-0.39, 0.29) is 5.91 Å². The molecule has 38 heavy (non-hydrogen) atoms. The van der Waals surface area contributed by atoms with Crippen molar-refractivity contribution in [1.82, 2.24) is 24.8 Å². The van der Waals surface area contributed by atoms with Crippen molar-refractivity contribution in [3.63, 3.8) is 0 Å². The lowest BCUT2D eigenvalue weighted by Crippen LogP contribution is -2.50. The van der Waals surface area contributed by atoms with Crippen LogP contribution in [0, 0.1) is 13.8 Å². The first-order chi connectivity index (χ1) is 18.4. The number of piperazine rings is 1. The van der Waals surface area contributed by atoms with Crippen LogP contribution in [0.15, 0.2) is 61.1 Å². The number of rotatable bonds is 7. The number of benzene rings is 2. The molecule has 1 aliphatic heterocycles. The number of carbonyl (C=O) groups is 1. The second-order valence-electron chi connectivity index (χ2n) is 9.60. The zero-order valence-electron chi connectivity index (χ0n) is 22.1. The second kappa shape index (κ2) is 11.0. The van der Waals surface area contributed by atoms with Crippen molar-refractivity contribution in [3.8, 4) is 17.2 Å². The molecule has 196 valence electrons. The van der Waals surface area contributed by atoms with Crippen LogP contribution >= 0.6 is 0 Å². The Balaban J connectivity index is 1.36. The minimum Gasteiger partial charge on any atom is -0.480 e. The van der Waals surface area contributed by atoms with E-state index in [1.165, 1.54) is 6.33 Å². The molecule has 0 radical (unpaired) electrons. The third-order valence-electron chi connectivity index (χ3n) is 6.64. The summed E-state index contributed by atoms with van der Waals surface area (Å²) in [6.45, 7) is 8.85. The number of aromatic nitrogens is 3. The zero-order chi connectivity index (χ0) is 26.6. The SMILES string of the molecule is Cc1ccc(Oc2ccc(Nc3ncnc4cccc(O[C@H](C)C(=O)N5CCN(C)CC5)c34)cc2C)cn1. The monoisotopic (exact) mass is 512 g/mol. The molecule has 2 aromatic carbocycles. The minimum absolute atomic E-state index is 0.0172. The Morgan fingerprint density at radius 2 is 1.79 bits per heavy atom. The van der Waals surface area contributed by atoms with Crippen molar-refractivity contribution in [2.24, 2.45) is 0 Å². The van der Waals surface area contributed by atoms with Gasteiger partial charge in [-0.25, -0.2) is 9.97 Å². The lowest BCUT2D eigenvalue weighted by Gasteiger charge is -2.34. The van der Waals surface area contributed by atoms with Gasteiger partial charge in [-0.2, -0.15) is 0 Å². The minimum atomic E-state index is -0.632.